The van der Waals surface area contributed by atoms with Crippen LogP contribution in [0.5, 0.6) is 11.5 Å². The summed E-state index contributed by atoms with van der Waals surface area (Å²) in [6.07, 6.45) is 5.22. The van der Waals surface area contributed by atoms with Crippen molar-refractivity contribution >= 4 is 29.4 Å². The first-order chi connectivity index (χ1) is 11.2. The fraction of sp³-hybridized carbons (Fsp3) is 0.0625. The van der Waals surface area contributed by atoms with Gasteiger partial charge in [0.25, 0.3) is 0 Å². The third kappa shape index (κ3) is 7.01. The molecule has 2 rings (SSSR count). The number of halogens is 1. The highest BCUT2D eigenvalue weighted by Gasteiger charge is 1.97. The highest BCUT2D eigenvalue weighted by atomic mass is 127. The number of nitrogens with one attached hydrogen (secondary N) is 2. The first-order valence-corrected chi connectivity index (χ1v) is 7.97. The van der Waals surface area contributed by atoms with Crippen molar-refractivity contribution < 1.29 is 39.3 Å². The van der Waals surface area contributed by atoms with Gasteiger partial charge in [0.05, 0.1) is 6.21 Å². The largest absolute Gasteiger partial charge is 1.00 e. The number of hydrogen-bond acceptors (Lipinski definition) is 5. The molecule has 0 atom stereocenters. The molecule has 126 valence electrons. The van der Waals surface area contributed by atoms with E-state index in [1.54, 1.807) is 61.0 Å². The molecule has 0 aromatic heterocycles. The minimum atomic E-state index is 0. The van der Waals surface area contributed by atoms with Crippen LogP contribution in [0.25, 0.3) is 0 Å². The Bertz CT molecular complexity index is 716. The normalized spacial score (nSPS) is 11.6. The van der Waals surface area contributed by atoms with Crippen molar-refractivity contribution in [2.45, 2.75) is 0 Å². The fourth-order valence-corrected chi connectivity index (χ4v) is 1.87. The average molecular weight is 456 g/mol. The second-order valence-corrected chi connectivity index (χ2v) is 5.25. The summed E-state index contributed by atoms with van der Waals surface area (Å²) in [7, 11) is 0. The monoisotopic (exact) mass is 456 g/mol. The highest BCUT2D eigenvalue weighted by molar-refractivity contribution is 8.13. The molecule has 24 heavy (non-hydrogen) atoms. The SMILES string of the molecule is CS/C(=N\N=C\c1ccc(O)cc1)N/[NH+]=C/c1ccc(O)cc1.[I-]. The van der Waals surface area contributed by atoms with E-state index < -0.39 is 0 Å². The lowest BCUT2D eigenvalue weighted by Crippen LogP contribution is -3.00. The maximum absolute atomic E-state index is 9.21. The van der Waals surface area contributed by atoms with Gasteiger partial charge in [0, 0.05) is 5.56 Å². The fourth-order valence-electron chi connectivity index (χ4n) is 1.58. The van der Waals surface area contributed by atoms with Crippen molar-refractivity contribution in [3.63, 3.8) is 0 Å². The molecule has 0 aliphatic rings. The lowest BCUT2D eigenvalue weighted by molar-refractivity contribution is -0.499. The highest BCUT2D eigenvalue weighted by Crippen LogP contribution is 2.08. The summed E-state index contributed by atoms with van der Waals surface area (Å²) in [6.45, 7) is 0. The number of aromatic hydroxyl groups is 2. The van der Waals surface area contributed by atoms with E-state index in [1.807, 2.05) is 6.26 Å². The zero-order valence-corrected chi connectivity index (χ0v) is 15.8. The van der Waals surface area contributed by atoms with Crippen molar-refractivity contribution in [3.05, 3.63) is 59.7 Å². The van der Waals surface area contributed by atoms with Gasteiger partial charge in [-0.25, -0.2) is 0 Å². The van der Waals surface area contributed by atoms with Crippen LogP contribution in [0.4, 0.5) is 0 Å². The van der Waals surface area contributed by atoms with Gasteiger partial charge < -0.3 is 34.2 Å². The summed E-state index contributed by atoms with van der Waals surface area (Å²) in [6, 6.07) is 13.5. The van der Waals surface area contributed by atoms with Crippen LogP contribution < -0.4 is 34.5 Å². The summed E-state index contributed by atoms with van der Waals surface area (Å²) >= 11 is 1.41. The zero-order chi connectivity index (χ0) is 16.5. The van der Waals surface area contributed by atoms with Gasteiger partial charge in [0.1, 0.15) is 11.5 Å². The van der Waals surface area contributed by atoms with E-state index in [4.69, 9.17) is 0 Å². The van der Waals surface area contributed by atoms with E-state index >= 15 is 0 Å². The van der Waals surface area contributed by atoms with Gasteiger partial charge in [0.2, 0.25) is 5.17 Å². The minimum absolute atomic E-state index is 0. The lowest BCUT2D eigenvalue weighted by atomic mass is 10.2. The number of hydrogen-bond donors (Lipinski definition) is 4. The number of nitrogens with zero attached hydrogens (tertiary/aromatic N) is 2. The van der Waals surface area contributed by atoms with Crippen LogP contribution in [-0.4, -0.2) is 34.1 Å². The Kier molecular flexibility index (Phi) is 8.87. The molecule has 4 N–H and O–H groups in total. The van der Waals surface area contributed by atoms with Gasteiger partial charge in [-0.2, -0.15) is 5.10 Å². The Morgan fingerprint density at radius 3 is 2.08 bits per heavy atom. The average Bonchev–Trinajstić information content (AvgIpc) is 2.57. The maximum atomic E-state index is 9.21. The smallest absolute Gasteiger partial charge is 0.239 e. The van der Waals surface area contributed by atoms with Crippen molar-refractivity contribution in [1.29, 1.82) is 0 Å². The third-order valence-electron chi connectivity index (χ3n) is 2.75. The number of phenolic OH excluding ortho intramolecular Hbond substituents is 2. The molecule has 0 unspecified atom stereocenters. The second-order valence-electron chi connectivity index (χ2n) is 4.45. The quantitative estimate of drug-likeness (QED) is 0.183. The van der Waals surface area contributed by atoms with E-state index in [2.05, 4.69) is 20.7 Å². The molecule has 2 aromatic carbocycles. The van der Waals surface area contributed by atoms with E-state index in [1.165, 1.54) is 11.8 Å². The number of hydrazone groups is 1. The first-order valence-electron chi connectivity index (χ1n) is 6.75. The summed E-state index contributed by atoms with van der Waals surface area (Å²) in [4.78, 5) is 0. The van der Waals surface area contributed by atoms with E-state index in [0.29, 0.717) is 5.17 Å². The van der Waals surface area contributed by atoms with Crippen molar-refractivity contribution in [3.8, 4) is 11.5 Å². The van der Waals surface area contributed by atoms with Crippen molar-refractivity contribution in [2.24, 2.45) is 10.2 Å². The van der Waals surface area contributed by atoms with Gasteiger partial charge in [-0.05, 0) is 60.4 Å². The van der Waals surface area contributed by atoms with E-state index in [9.17, 15) is 10.2 Å². The lowest BCUT2D eigenvalue weighted by Gasteiger charge is -1.95. The van der Waals surface area contributed by atoms with Crippen LogP contribution in [0, 0.1) is 0 Å². The van der Waals surface area contributed by atoms with Crippen LogP contribution >= 0.6 is 11.8 Å². The summed E-state index contributed by atoms with van der Waals surface area (Å²) in [5.41, 5.74) is 4.67. The number of benzene rings is 2. The predicted octanol–water partition coefficient (Wildman–Crippen LogP) is -2.14. The molecule has 0 radical (unpaired) electrons. The number of hydrazine groups is 1. The molecular formula is C16H17IN4O2S. The first kappa shape index (κ1) is 20.0. The summed E-state index contributed by atoms with van der Waals surface area (Å²) < 4.78 is 0. The van der Waals surface area contributed by atoms with Gasteiger partial charge in [-0.15, -0.1) is 15.6 Å². The molecular weight excluding hydrogens is 439 g/mol. The number of thioether (sulfide) groups is 1. The molecule has 0 heterocycles. The number of phenols is 2. The van der Waals surface area contributed by atoms with Crippen LogP contribution in [0.1, 0.15) is 11.1 Å². The van der Waals surface area contributed by atoms with Gasteiger partial charge in [-0.1, -0.05) is 11.8 Å². The van der Waals surface area contributed by atoms with Gasteiger partial charge in [0.15, 0.2) is 6.21 Å². The van der Waals surface area contributed by atoms with Crippen LogP contribution in [-0.2, 0) is 0 Å². The number of amidine groups is 1. The van der Waals surface area contributed by atoms with Crippen LogP contribution in [0.2, 0.25) is 0 Å². The van der Waals surface area contributed by atoms with Crippen molar-refractivity contribution in [1.82, 2.24) is 5.43 Å². The van der Waals surface area contributed by atoms with Crippen molar-refractivity contribution in [2.75, 3.05) is 6.26 Å². The Labute approximate surface area is 161 Å². The molecule has 0 saturated heterocycles. The Balaban J connectivity index is 0.00000288. The Hall–Kier alpha value is -2.07. The third-order valence-corrected chi connectivity index (χ3v) is 3.32. The van der Waals surface area contributed by atoms with Gasteiger partial charge in [-0.3, -0.25) is 0 Å². The molecule has 0 aliphatic carbocycles. The minimum Gasteiger partial charge on any atom is -1.00 e. The molecule has 0 amide bonds. The van der Waals surface area contributed by atoms with Gasteiger partial charge >= 0.3 is 0 Å². The predicted molar refractivity (Wildman–Crippen MR) is 94.0 cm³/mol. The molecule has 0 saturated carbocycles. The number of rotatable bonds is 4. The Morgan fingerprint density at radius 1 is 1.00 bits per heavy atom. The van der Waals surface area contributed by atoms with E-state index in [0.717, 1.165) is 11.1 Å². The maximum Gasteiger partial charge on any atom is 0.239 e. The summed E-state index contributed by atoms with van der Waals surface area (Å²) in [5, 5.41) is 30.0. The second kappa shape index (κ2) is 10.7. The van der Waals surface area contributed by atoms with Crippen LogP contribution in [0.3, 0.4) is 0 Å². The standard InChI is InChI=1S/C16H16N4O2S.HI/c1-23-16(19-17-10-12-2-6-14(21)7-3-12)20-18-11-13-4-8-15(22)9-5-13;/h2-11,21-22H,1H3,(H,19,20);1H/b17-10+,18-11+;. The van der Waals surface area contributed by atoms with E-state index in [-0.39, 0.29) is 35.5 Å². The summed E-state index contributed by atoms with van der Waals surface area (Å²) in [5.74, 6) is 0.441. The molecule has 8 heteroatoms. The molecule has 0 spiro atoms. The Morgan fingerprint density at radius 2 is 1.54 bits per heavy atom. The van der Waals surface area contributed by atoms with Crippen LogP contribution in [0.15, 0.2) is 58.7 Å². The molecule has 6 nitrogen and oxygen atoms in total. The zero-order valence-electron chi connectivity index (χ0n) is 12.8. The molecule has 2 aromatic rings. The molecule has 0 bridgehead atoms. The molecule has 0 aliphatic heterocycles. The topological polar surface area (TPSA) is 91.2 Å². The molecule has 0 fully saturated rings.